The van der Waals surface area contributed by atoms with Crippen LogP contribution in [0.5, 0.6) is 0 Å². The summed E-state index contributed by atoms with van der Waals surface area (Å²) in [6, 6.07) is 8.27. The van der Waals surface area contributed by atoms with Gasteiger partial charge in [-0.3, -0.25) is 0 Å². The number of benzene rings is 1. The predicted molar refractivity (Wildman–Crippen MR) is 68.9 cm³/mol. The molecule has 0 spiro atoms. The molecule has 0 aliphatic heterocycles. The first-order chi connectivity index (χ1) is 8.04. The van der Waals surface area contributed by atoms with Crippen LogP contribution in [0, 0.1) is 11.3 Å². The molecule has 0 bridgehead atoms. The smallest absolute Gasteiger partial charge is 0.0823 e. The minimum Gasteiger partial charge on any atom is -0.388 e. The van der Waals surface area contributed by atoms with Crippen molar-refractivity contribution in [2.24, 2.45) is 11.3 Å². The largest absolute Gasteiger partial charge is 0.388 e. The van der Waals surface area contributed by atoms with Crippen LogP contribution in [-0.4, -0.2) is 18.8 Å². The van der Waals surface area contributed by atoms with Crippen LogP contribution < -0.4 is 0 Å². The van der Waals surface area contributed by atoms with Crippen LogP contribution >= 0.6 is 0 Å². The number of ether oxygens (including phenoxy) is 1. The van der Waals surface area contributed by atoms with E-state index < -0.39 is 0 Å². The molecule has 2 nitrogen and oxygen atoms in total. The number of hydrogen-bond donors (Lipinski definition) is 1. The van der Waals surface area contributed by atoms with Gasteiger partial charge < -0.3 is 9.84 Å². The molecule has 0 amide bonds. The van der Waals surface area contributed by atoms with Gasteiger partial charge in [0.1, 0.15) is 0 Å². The number of aliphatic hydroxyl groups excluding tert-OH is 1. The maximum atomic E-state index is 10.2. The van der Waals surface area contributed by atoms with Crippen LogP contribution in [0.25, 0.3) is 0 Å². The summed E-state index contributed by atoms with van der Waals surface area (Å²) in [4.78, 5) is 0. The van der Waals surface area contributed by atoms with E-state index in [1.165, 1.54) is 5.56 Å². The third-order valence-corrected chi connectivity index (χ3v) is 3.89. The number of aliphatic hydroxyl groups is 1. The molecule has 1 saturated carbocycles. The van der Waals surface area contributed by atoms with Gasteiger partial charge in [0, 0.05) is 7.11 Å². The second-order valence-corrected chi connectivity index (χ2v) is 5.73. The highest BCUT2D eigenvalue weighted by atomic mass is 16.5. The highest BCUT2D eigenvalue weighted by molar-refractivity contribution is 5.26. The Hall–Kier alpha value is -0.860. The Morgan fingerprint density at radius 2 is 1.94 bits per heavy atom. The molecule has 94 valence electrons. The average Bonchev–Trinajstić information content (AvgIpc) is 2.95. The Kier molecular flexibility index (Phi) is 3.55. The molecule has 0 saturated heterocycles. The van der Waals surface area contributed by atoms with Crippen LogP contribution in [0.15, 0.2) is 24.3 Å². The van der Waals surface area contributed by atoms with Gasteiger partial charge in [0.05, 0.1) is 12.7 Å². The fourth-order valence-corrected chi connectivity index (χ4v) is 2.38. The fourth-order valence-electron chi connectivity index (χ4n) is 2.38. The molecule has 2 heteroatoms. The second-order valence-electron chi connectivity index (χ2n) is 5.73. The molecule has 1 N–H and O–H groups in total. The van der Waals surface area contributed by atoms with Crippen molar-refractivity contribution in [1.29, 1.82) is 0 Å². The van der Waals surface area contributed by atoms with Crippen molar-refractivity contribution in [2.45, 2.75) is 32.8 Å². The van der Waals surface area contributed by atoms with E-state index in [1.807, 2.05) is 12.1 Å². The van der Waals surface area contributed by atoms with Gasteiger partial charge in [0.2, 0.25) is 0 Å². The summed E-state index contributed by atoms with van der Waals surface area (Å²) >= 11 is 0. The molecule has 17 heavy (non-hydrogen) atoms. The summed E-state index contributed by atoms with van der Waals surface area (Å²) in [5.74, 6) is 0.423. The number of hydrogen-bond acceptors (Lipinski definition) is 2. The molecule has 1 aromatic carbocycles. The zero-order valence-electron chi connectivity index (χ0n) is 10.9. The molecule has 2 unspecified atom stereocenters. The van der Waals surface area contributed by atoms with E-state index >= 15 is 0 Å². The van der Waals surface area contributed by atoms with E-state index in [-0.39, 0.29) is 6.10 Å². The van der Waals surface area contributed by atoms with Crippen molar-refractivity contribution in [3.63, 3.8) is 0 Å². The average molecular weight is 234 g/mol. The Morgan fingerprint density at radius 3 is 2.41 bits per heavy atom. The van der Waals surface area contributed by atoms with Crippen LogP contribution in [0.2, 0.25) is 0 Å². The highest BCUT2D eigenvalue weighted by Crippen LogP contribution is 2.57. The van der Waals surface area contributed by atoms with E-state index in [0.29, 0.717) is 11.3 Å². The molecule has 0 radical (unpaired) electrons. The second kappa shape index (κ2) is 4.79. The van der Waals surface area contributed by atoms with Gasteiger partial charge in [-0.2, -0.15) is 0 Å². The van der Waals surface area contributed by atoms with E-state index in [1.54, 1.807) is 7.11 Å². The molecule has 2 atom stereocenters. The molecule has 0 aromatic heterocycles. The van der Waals surface area contributed by atoms with Crippen molar-refractivity contribution in [1.82, 2.24) is 0 Å². The molecular weight excluding hydrogens is 212 g/mol. The lowest BCUT2D eigenvalue weighted by Crippen LogP contribution is -2.05. The first-order valence-corrected chi connectivity index (χ1v) is 6.30. The molecule has 1 aromatic rings. The first-order valence-electron chi connectivity index (χ1n) is 6.30. The summed E-state index contributed by atoms with van der Waals surface area (Å²) in [5, 5.41) is 10.2. The van der Waals surface area contributed by atoms with Crippen molar-refractivity contribution in [2.75, 3.05) is 13.7 Å². The van der Waals surface area contributed by atoms with Gasteiger partial charge in [0.15, 0.2) is 0 Å². The van der Waals surface area contributed by atoms with Crippen molar-refractivity contribution >= 4 is 0 Å². The quantitative estimate of drug-likeness (QED) is 0.848. The Morgan fingerprint density at radius 1 is 1.35 bits per heavy atom. The van der Waals surface area contributed by atoms with Gasteiger partial charge in [-0.05, 0) is 35.3 Å². The maximum Gasteiger partial charge on any atom is 0.0823 e. The Labute approximate surface area is 104 Å². The highest BCUT2D eigenvalue weighted by Gasteiger charge is 2.50. The predicted octanol–water partition coefficient (Wildman–Crippen LogP) is 2.96. The molecule has 0 heterocycles. The van der Waals surface area contributed by atoms with Gasteiger partial charge >= 0.3 is 0 Å². The third-order valence-electron chi connectivity index (χ3n) is 3.89. The molecule has 1 aliphatic rings. The molecular formula is C15H22O2. The fraction of sp³-hybridized carbons (Fsp3) is 0.600. The van der Waals surface area contributed by atoms with Crippen LogP contribution in [0.1, 0.15) is 37.5 Å². The SMILES string of the molecule is COCCc1ccc(C(O)C2CC2(C)C)cc1. The van der Waals surface area contributed by atoms with Crippen LogP contribution in [0.3, 0.4) is 0 Å². The van der Waals surface area contributed by atoms with Gasteiger partial charge in [0.25, 0.3) is 0 Å². The van der Waals surface area contributed by atoms with Crippen LogP contribution in [0.4, 0.5) is 0 Å². The Bertz CT molecular complexity index is 367. The van der Waals surface area contributed by atoms with E-state index in [0.717, 1.165) is 25.0 Å². The summed E-state index contributed by atoms with van der Waals surface area (Å²) in [5.41, 5.74) is 2.62. The van der Waals surface area contributed by atoms with E-state index in [4.69, 9.17) is 4.74 Å². The van der Waals surface area contributed by atoms with Gasteiger partial charge in [-0.25, -0.2) is 0 Å². The molecule has 1 fully saturated rings. The standard InChI is InChI=1S/C15H22O2/c1-15(2)10-13(15)14(16)12-6-4-11(5-7-12)8-9-17-3/h4-7,13-14,16H,8-10H2,1-3H3. The van der Waals surface area contributed by atoms with Crippen molar-refractivity contribution < 1.29 is 9.84 Å². The van der Waals surface area contributed by atoms with Crippen molar-refractivity contribution in [3.05, 3.63) is 35.4 Å². The van der Waals surface area contributed by atoms with E-state index in [2.05, 4.69) is 26.0 Å². The lowest BCUT2D eigenvalue weighted by atomic mass is 9.98. The monoisotopic (exact) mass is 234 g/mol. The molecule has 1 aliphatic carbocycles. The Balaban J connectivity index is 1.98. The van der Waals surface area contributed by atoms with E-state index in [9.17, 15) is 5.11 Å². The maximum absolute atomic E-state index is 10.2. The summed E-state index contributed by atoms with van der Waals surface area (Å²) in [6.07, 6.45) is 1.75. The van der Waals surface area contributed by atoms with Crippen molar-refractivity contribution in [3.8, 4) is 0 Å². The minimum atomic E-state index is -0.304. The summed E-state index contributed by atoms with van der Waals surface area (Å²) < 4.78 is 5.05. The molecule has 2 rings (SSSR count). The lowest BCUT2D eigenvalue weighted by Gasteiger charge is -2.13. The first kappa shape index (κ1) is 12.6. The lowest BCUT2D eigenvalue weighted by molar-refractivity contribution is 0.138. The van der Waals surface area contributed by atoms with Gasteiger partial charge in [-0.1, -0.05) is 38.1 Å². The zero-order chi connectivity index (χ0) is 12.5. The summed E-state index contributed by atoms with van der Waals surface area (Å²) in [7, 11) is 1.72. The third kappa shape index (κ3) is 2.88. The normalized spacial score (nSPS) is 23.4. The topological polar surface area (TPSA) is 29.5 Å². The van der Waals surface area contributed by atoms with Crippen LogP contribution in [-0.2, 0) is 11.2 Å². The summed E-state index contributed by atoms with van der Waals surface area (Å²) in [6.45, 7) is 5.18. The minimum absolute atomic E-state index is 0.304. The van der Waals surface area contributed by atoms with Gasteiger partial charge in [-0.15, -0.1) is 0 Å². The number of methoxy groups -OCH3 is 1. The number of rotatable bonds is 5. The zero-order valence-corrected chi connectivity index (χ0v) is 10.9.